The van der Waals surface area contributed by atoms with E-state index in [1.807, 2.05) is 13.8 Å². The van der Waals surface area contributed by atoms with E-state index >= 15 is 0 Å². The summed E-state index contributed by atoms with van der Waals surface area (Å²) in [5, 5.41) is 2.45. The van der Waals surface area contributed by atoms with E-state index in [0.717, 1.165) is 24.0 Å². The lowest BCUT2D eigenvalue weighted by Crippen LogP contribution is -2.29. The minimum atomic E-state index is -0.190. The Morgan fingerprint density at radius 3 is 1.90 bits per heavy atom. The molecule has 0 bridgehead atoms. The van der Waals surface area contributed by atoms with E-state index in [1.54, 1.807) is 11.1 Å². The molecular formula is C39H32O. The summed E-state index contributed by atoms with van der Waals surface area (Å²) < 4.78 is 6.15. The highest BCUT2D eigenvalue weighted by Crippen LogP contribution is 2.65. The Labute approximate surface area is 235 Å². The van der Waals surface area contributed by atoms with Crippen LogP contribution >= 0.6 is 0 Å². The molecule has 1 aromatic heterocycles. The zero-order chi connectivity index (χ0) is 26.8. The molecule has 1 spiro atoms. The van der Waals surface area contributed by atoms with Gasteiger partial charge in [0, 0.05) is 10.8 Å². The van der Waals surface area contributed by atoms with E-state index in [2.05, 4.69) is 115 Å². The van der Waals surface area contributed by atoms with Gasteiger partial charge in [0.05, 0.1) is 5.41 Å². The molecule has 40 heavy (non-hydrogen) atoms. The third-order valence-corrected chi connectivity index (χ3v) is 9.49. The van der Waals surface area contributed by atoms with Gasteiger partial charge < -0.3 is 4.42 Å². The highest BCUT2D eigenvalue weighted by molar-refractivity contribution is 6.05. The summed E-state index contributed by atoms with van der Waals surface area (Å²) in [5.74, 6) is 0.484. The molecule has 1 heterocycles. The topological polar surface area (TPSA) is 13.1 Å². The van der Waals surface area contributed by atoms with Gasteiger partial charge in [0.25, 0.3) is 0 Å². The molecule has 3 aliphatic carbocycles. The molecular weight excluding hydrogens is 484 g/mol. The minimum absolute atomic E-state index is 0.190. The van der Waals surface area contributed by atoms with Gasteiger partial charge in [-0.2, -0.15) is 0 Å². The fraction of sp³-hybridized carbons (Fsp3) is 0.179. The quantitative estimate of drug-likeness (QED) is 0.212. The Hall–Kier alpha value is -4.36. The molecule has 1 nitrogen and oxygen atoms in total. The van der Waals surface area contributed by atoms with E-state index < -0.39 is 0 Å². The molecule has 0 fully saturated rings. The normalized spacial score (nSPS) is 17.8. The fourth-order valence-electron chi connectivity index (χ4n) is 7.99. The molecule has 0 saturated heterocycles. The van der Waals surface area contributed by atoms with E-state index in [9.17, 15) is 0 Å². The zero-order valence-corrected chi connectivity index (χ0v) is 23.1. The number of benzene rings is 5. The number of allylic oxidation sites excluding steroid dienone is 2. The van der Waals surface area contributed by atoms with Crippen LogP contribution in [0.1, 0.15) is 66.8 Å². The standard InChI is InChI=1S/C37H26O.C2H6/c1-5-13-31-25(9-1)26-10-2-6-14-32(26)37(31)33-15-7-3-11-27(33)28-19-17-24(22-34(28)37)23-18-20-36-30(21-23)29-12-4-8-16-35(29)38-36;1-2/h1-16,18,20-21,24H,17,19,22H2;1-2H3. The molecule has 194 valence electrons. The van der Waals surface area contributed by atoms with Crippen LogP contribution in [-0.2, 0) is 5.41 Å². The van der Waals surface area contributed by atoms with E-state index in [4.69, 9.17) is 4.42 Å². The summed E-state index contributed by atoms with van der Waals surface area (Å²) in [5.41, 5.74) is 15.0. The van der Waals surface area contributed by atoms with Crippen molar-refractivity contribution in [3.05, 3.63) is 149 Å². The third-order valence-electron chi connectivity index (χ3n) is 9.49. The van der Waals surface area contributed by atoms with Crippen molar-refractivity contribution in [3.63, 3.8) is 0 Å². The monoisotopic (exact) mass is 516 g/mol. The Kier molecular flexibility index (Phi) is 5.19. The SMILES string of the molecule is CC.c1ccc2c(c1)C1=C(CC(c3ccc4oc5ccccc5c4c3)CC1)C21c2ccccc2-c2ccccc21. The molecule has 9 rings (SSSR count). The van der Waals surface area contributed by atoms with Gasteiger partial charge in [-0.05, 0) is 93.5 Å². The predicted molar refractivity (Wildman–Crippen MR) is 167 cm³/mol. The van der Waals surface area contributed by atoms with Crippen molar-refractivity contribution in [3.8, 4) is 11.1 Å². The summed E-state index contributed by atoms with van der Waals surface area (Å²) in [4.78, 5) is 0. The first-order chi connectivity index (χ1) is 19.8. The van der Waals surface area contributed by atoms with Gasteiger partial charge in [-0.1, -0.05) is 111 Å². The van der Waals surface area contributed by atoms with Gasteiger partial charge in [-0.3, -0.25) is 0 Å². The first-order valence-electron chi connectivity index (χ1n) is 14.8. The number of para-hydroxylation sites is 1. The van der Waals surface area contributed by atoms with Crippen molar-refractivity contribution < 1.29 is 4.42 Å². The molecule has 6 aromatic rings. The molecule has 3 aliphatic rings. The van der Waals surface area contributed by atoms with Crippen molar-refractivity contribution in [2.45, 2.75) is 44.4 Å². The predicted octanol–water partition coefficient (Wildman–Crippen LogP) is 10.7. The van der Waals surface area contributed by atoms with Gasteiger partial charge in [0.15, 0.2) is 0 Å². The number of hydrogen-bond acceptors (Lipinski definition) is 1. The number of rotatable bonds is 1. The van der Waals surface area contributed by atoms with Crippen LogP contribution in [0.15, 0.2) is 125 Å². The van der Waals surface area contributed by atoms with E-state index in [1.165, 1.54) is 56.1 Å². The lowest BCUT2D eigenvalue weighted by atomic mass is 9.65. The summed E-state index contributed by atoms with van der Waals surface area (Å²) in [6.45, 7) is 4.00. The molecule has 5 aromatic carbocycles. The van der Waals surface area contributed by atoms with Gasteiger partial charge in [-0.15, -0.1) is 0 Å². The summed E-state index contributed by atoms with van der Waals surface area (Å²) >= 11 is 0. The first kappa shape index (κ1) is 23.5. The molecule has 0 aliphatic heterocycles. The van der Waals surface area contributed by atoms with Crippen LogP contribution in [0.25, 0.3) is 38.6 Å². The maximum absolute atomic E-state index is 6.15. The van der Waals surface area contributed by atoms with Crippen LogP contribution in [0.4, 0.5) is 0 Å². The van der Waals surface area contributed by atoms with Gasteiger partial charge >= 0.3 is 0 Å². The van der Waals surface area contributed by atoms with Crippen LogP contribution in [0, 0.1) is 0 Å². The van der Waals surface area contributed by atoms with Gasteiger partial charge in [0.1, 0.15) is 11.2 Å². The number of hydrogen-bond donors (Lipinski definition) is 0. The molecule has 1 atom stereocenters. The molecule has 0 saturated carbocycles. The van der Waals surface area contributed by atoms with Crippen LogP contribution < -0.4 is 0 Å². The third kappa shape index (κ3) is 2.98. The maximum Gasteiger partial charge on any atom is 0.135 e. The van der Waals surface area contributed by atoms with Crippen molar-refractivity contribution in [1.82, 2.24) is 0 Å². The smallest absolute Gasteiger partial charge is 0.135 e. The molecule has 0 amide bonds. The molecule has 1 unspecified atom stereocenters. The Morgan fingerprint density at radius 2 is 1.18 bits per heavy atom. The molecule has 0 N–H and O–H groups in total. The molecule has 0 radical (unpaired) electrons. The average molecular weight is 517 g/mol. The van der Waals surface area contributed by atoms with Crippen LogP contribution in [-0.4, -0.2) is 0 Å². The summed E-state index contributed by atoms with van der Waals surface area (Å²) in [6.07, 6.45) is 3.37. The summed E-state index contributed by atoms with van der Waals surface area (Å²) in [6, 6.07) is 42.8. The summed E-state index contributed by atoms with van der Waals surface area (Å²) in [7, 11) is 0. The lowest BCUT2D eigenvalue weighted by molar-refractivity contribution is 0.568. The van der Waals surface area contributed by atoms with Crippen molar-refractivity contribution >= 4 is 27.5 Å². The van der Waals surface area contributed by atoms with Gasteiger partial charge in [0.2, 0.25) is 0 Å². The van der Waals surface area contributed by atoms with Gasteiger partial charge in [-0.25, -0.2) is 0 Å². The van der Waals surface area contributed by atoms with Crippen molar-refractivity contribution in [1.29, 1.82) is 0 Å². The lowest BCUT2D eigenvalue weighted by Gasteiger charge is -2.36. The van der Waals surface area contributed by atoms with Crippen molar-refractivity contribution in [2.75, 3.05) is 0 Å². The Balaban J connectivity index is 0.00000120. The second-order valence-corrected chi connectivity index (χ2v) is 11.1. The van der Waals surface area contributed by atoms with Crippen LogP contribution in [0.5, 0.6) is 0 Å². The van der Waals surface area contributed by atoms with E-state index in [0.29, 0.717) is 5.92 Å². The Bertz CT molecular complexity index is 1920. The maximum atomic E-state index is 6.15. The average Bonchev–Trinajstić information content (AvgIpc) is 3.65. The number of furan rings is 1. The van der Waals surface area contributed by atoms with Crippen molar-refractivity contribution in [2.24, 2.45) is 0 Å². The highest BCUT2D eigenvalue weighted by atomic mass is 16.3. The van der Waals surface area contributed by atoms with E-state index in [-0.39, 0.29) is 5.41 Å². The highest BCUT2D eigenvalue weighted by Gasteiger charge is 2.53. The second-order valence-electron chi connectivity index (χ2n) is 11.1. The largest absolute Gasteiger partial charge is 0.456 e. The fourth-order valence-corrected chi connectivity index (χ4v) is 7.99. The minimum Gasteiger partial charge on any atom is -0.456 e. The molecule has 1 heteroatoms. The second kappa shape index (κ2) is 8.83. The van der Waals surface area contributed by atoms with Crippen LogP contribution in [0.2, 0.25) is 0 Å². The van der Waals surface area contributed by atoms with Crippen LogP contribution in [0.3, 0.4) is 0 Å². The first-order valence-corrected chi connectivity index (χ1v) is 14.8. The zero-order valence-electron chi connectivity index (χ0n) is 23.1. The number of fused-ring (bicyclic) bond motifs is 12. The Morgan fingerprint density at radius 1 is 0.600 bits per heavy atom.